The summed E-state index contributed by atoms with van der Waals surface area (Å²) in [5, 5.41) is 0. The fraction of sp³-hybridized carbons (Fsp3) is 0.923. The van der Waals surface area contributed by atoms with Gasteiger partial charge in [-0.1, -0.05) is 27.7 Å². The van der Waals surface area contributed by atoms with Gasteiger partial charge in [-0.15, -0.1) is 0 Å². The van der Waals surface area contributed by atoms with Crippen molar-refractivity contribution in [1.29, 1.82) is 0 Å². The molecule has 1 rings (SSSR count). The summed E-state index contributed by atoms with van der Waals surface area (Å²) in [5.41, 5.74) is 0. The van der Waals surface area contributed by atoms with Crippen molar-refractivity contribution in [3.05, 3.63) is 5.92 Å². The molecular formula is C13H27N2. The van der Waals surface area contributed by atoms with Crippen LogP contribution in [0.3, 0.4) is 0 Å². The minimum atomic E-state index is 0.841. The van der Waals surface area contributed by atoms with E-state index < -0.39 is 0 Å². The zero-order valence-electron chi connectivity index (χ0n) is 10.9. The molecule has 0 unspecified atom stereocenters. The van der Waals surface area contributed by atoms with Gasteiger partial charge < -0.3 is 9.80 Å². The summed E-state index contributed by atoms with van der Waals surface area (Å²) < 4.78 is 0. The van der Waals surface area contributed by atoms with Gasteiger partial charge in [-0.25, -0.2) is 0 Å². The molecule has 1 aliphatic heterocycles. The molecule has 89 valence electrons. The Morgan fingerprint density at radius 3 is 2.07 bits per heavy atom. The first-order valence-electron chi connectivity index (χ1n) is 6.42. The molecule has 2 heteroatoms. The average molecular weight is 211 g/mol. The van der Waals surface area contributed by atoms with Gasteiger partial charge in [0.1, 0.15) is 0 Å². The lowest BCUT2D eigenvalue weighted by Crippen LogP contribution is -2.45. The Morgan fingerprint density at radius 2 is 1.67 bits per heavy atom. The zero-order chi connectivity index (χ0) is 11.3. The third-order valence-corrected chi connectivity index (χ3v) is 3.43. The van der Waals surface area contributed by atoms with Crippen LogP contribution in [0.2, 0.25) is 0 Å². The summed E-state index contributed by atoms with van der Waals surface area (Å²) in [6, 6.07) is 0.841. The van der Waals surface area contributed by atoms with Crippen molar-refractivity contribution in [3.63, 3.8) is 0 Å². The minimum Gasteiger partial charge on any atom is -0.303 e. The number of rotatable bonds is 5. The molecule has 1 radical (unpaired) electrons. The van der Waals surface area contributed by atoms with E-state index in [1.807, 2.05) is 0 Å². The summed E-state index contributed by atoms with van der Waals surface area (Å²) in [6.45, 7) is 15.2. The maximum Gasteiger partial charge on any atom is 0.0119 e. The highest BCUT2D eigenvalue weighted by Gasteiger charge is 2.22. The molecule has 0 bridgehead atoms. The van der Waals surface area contributed by atoms with Crippen LogP contribution in [0.5, 0.6) is 0 Å². The molecule has 1 saturated heterocycles. The molecule has 0 aromatic carbocycles. The van der Waals surface area contributed by atoms with Crippen LogP contribution in [-0.4, -0.2) is 48.6 Å². The summed E-state index contributed by atoms with van der Waals surface area (Å²) in [4.78, 5) is 5.20. The second kappa shape index (κ2) is 6.49. The van der Waals surface area contributed by atoms with Crippen LogP contribution < -0.4 is 0 Å². The second-order valence-electron chi connectivity index (χ2n) is 4.94. The van der Waals surface area contributed by atoms with Crippen LogP contribution in [0.1, 0.15) is 40.5 Å². The molecule has 0 aliphatic carbocycles. The van der Waals surface area contributed by atoms with Crippen LogP contribution in [0.15, 0.2) is 0 Å². The molecule has 1 heterocycles. The molecule has 1 fully saturated rings. The highest BCUT2D eigenvalue weighted by molar-refractivity contribution is 4.86. The second-order valence-corrected chi connectivity index (χ2v) is 4.94. The molecule has 2 nitrogen and oxygen atoms in total. The SMILES string of the molecule is CCN(CC)C1CCN(C[C](C)C)CC1. The molecule has 0 N–H and O–H groups in total. The predicted octanol–water partition coefficient (Wildman–Crippen LogP) is 2.41. The van der Waals surface area contributed by atoms with Crippen molar-refractivity contribution in [3.8, 4) is 0 Å². The third kappa shape index (κ3) is 4.12. The molecule has 0 aromatic heterocycles. The Hall–Kier alpha value is -0.0800. The number of likely N-dealkylation sites (tertiary alicyclic amines) is 1. The van der Waals surface area contributed by atoms with Crippen molar-refractivity contribution in [1.82, 2.24) is 9.80 Å². The Balaban J connectivity index is 2.28. The maximum absolute atomic E-state index is 2.61. The van der Waals surface area contributed by atoms with E-state index in [4.69, 9.17) is 0 Å². The lowest BCUT2D eigenvalue weighted by Gasteiger charge is -2.38. The zero-order valence-corrected chi connectivity index (χ0v) is 10.9. The molecule has 0 saturated carbocycles. The quantitative estimate of drug-likeness (QED) is 0.689. The first-order chi connectivity index (χ1) is 7.17. The van der Waals surface area contributed by atoms with Crippen molar-refractivity contribution in [2.24, 2.45) is 0 Å². The standard InChI is InChI=1S/C13H27N2/c1-5-15(6-2)13-7-9-14(10-8-13)11-12(3)4/h13H,5-11H2,1-4H3. The van der Waals surface area contributed by atoms with Gasteiger partial charge in [0.15, 0.2) is 0 Å². The normalized spacial score (nSPS) is 20.4. The van der Waals surface area contributed by atoms with Crippen LogP contribution in [0, 0.1) is 5.92 Å². The monoisotopic (exact) mass is 211 g/mol. The highest BCUT2D eigenvalue weighted by atomic mass is 15.2. The van der Waals surface area contributed by atoms with Crippen molar-refractivity contribution >= 4 is 0 Å². The molecule has 0 aromatic rings. The van der Waals surface area contributed by atoms with Gasteiger partial charge in [0.2, 0.25) is 0 Å². The number of hydrogen-bond donors (Lipinski definition) is 0. The molecule has 0 spiro atoms. The Morgan fingerprint density at radius 1 is 1.13 bits per heavy atom. The molecule has 1 aliphatic rings. The summed E-state index contributed by atoms with van der Waals surface area (Å²) in [5.74, 6) is 1.54. The van der Waals surface area contributed by atoms with Gasteiger partial charge in [0, 0.05) is 12.6 Å². The molecular weight excluding hydrogens is 184 g/mol. The van der Waals surface area contributed by atoms with Gasteiger partial charge in [-0.3, -0.25) is 0 Å². The lowest BCUT2D eigenvalue weighted by molar-refractivity contribution is 0.119. The van der Waals surface area contributed by atoms with E-state index in [-0.39, 0.29) is 0 Å². The van der Waals surface area contributed by atoms with E-state index >= 15 is 0 Å². The van der Waals surface area contributed by atoms with E-state index in [2.05, 4.69) is 37.5 Å². The van der Waals surface area contributed by atoms with Gasteiger partial charge in [0.05, 0.1) is 0 Å². The van der Waals surface area contributed by atoms with Gasteiger partial charge in [-0.05, 0) is 44.9 Å². The number of hydrogen-bond acceptors (Lipinski definition) is 2. The average Bonchev–Trinajstić information content (AvgIpc) is 2.21. The van der Waals surface area contributed by atoms with E-state index in [1.165, 1.54) is 51.5 Å². The fourth-order valence-electron chi connectivity index (χ4n) is 2.63. The van der Waals surface area contributed by atoms with Gasteiger partial charge >= 0.3 is 0 Å². The lowest BCUT2D eigenvalue weighted by atomic mass is 10.0. The Labute approximate surface area is 95.6 Å². The fourth-order valence-corrected chi connectivity index (χ4v) is 2.63. The van der Waals surface area contributed by atoms with Crippen molar-refractivity contribution in [2.75, 3.05) is 32.7 Å². The number of piperidine rings is 1. The van der Waals surface area contributed by atoms with Crippen LogP contribution in [0.4, 0.5) is 0 Å². The Bertz CT molecular complexity index is 156. The van der Waals surface area contributed by atoms with Crippen molar-refractivity contribution < 1.29 is 0 Å². The summed E-state index contributed by atoms with van der Waals surface area (Å²) in [6.07, 6.45) is 2.71. The van der Waals surface area contributed by atoms with E-state index in [0.717, 1.165) is 6.04 Å². The topological polar surface area (TPSA) is 6.48 Å². The molecule has 15 heavy (non-hydrogen) atoms. The van der Waals surface area contributed by atoms with Crippen molar-refractivity contribution in [2.45, 2.75) is 46.6 Å². The van der Waals surface area contributed by atoms with Gasteiger partial charge in [0.25, 0.3) is 0 Å². The smallest absolute Gasteiger partial charge is 0.0119 e. The predicted molar refractivity (Wildman–Crippen MR) is 67.0 cm³/mol. The van der Waals surface area contributed by atoms with E-state index in [0.29, 0.717) is 0 Å². The summed E-state index contributed by atoms with van der Waals surface area (Å²) in [7, 11) is 0. The highest BCUT2D eigenvalue weighted by Crippen LogP contribution is 2.17. The van der Waals surface area contributed by atoms with Crippen LogP contribution >= 0.6 is 0 Å². The summed E-state index contributed by atoms with van der Waals surface area (Å²) >= 11 is 0. The van der Waals surface area contributed by atoms with Crippen LogP contribution in [-0.2, 0) is 0 Å². The molecule has 0 atom stereocenters. The largest absolute Gasteiger partial charge is 0.303 e. The van der Waals surface area contributed by atoms with Gasteiger partial charge in [-0.2, -0.15) is 0 Å². The first kappa shape index (κ1) is 13.0. The maximum atomic E-state index is 2.61. The number of nitrogens with zero attached hydrogens (tertiary/aromatic N) is 2. The third-order valence-electron chi connectivity index (χ3n) is 3.43. The van der Waals surface area contributed by atoms with E-state index in [1.54, 1.807) is 0 Å². The Kier molecular flexibility index (Phi) is 5.62. The molecule has 0 amide bonds. The van der Waals surface area contributed by atoms with Crippen LogP contribution in [0.25, 0.3) is 0 Å². The minimum absolute atomic E-state index is 0.841. The first-order valence-corrected chi connectivity index (χ1v) is 6.42. The van der Waals surface area contributed by atoms with E-state index in [9.17, 15) is 0 Å².